The van der Waals surface area contributed by atoms with Crippen LogP contribution in [0.5, 0.6) is 0 Å². The summed E-state index contributed by atoms with van der Waals surface area (Å²) in [7, 11) is 0. The Bertz CT molecular complexity index is 800. The lowest BCUT2D eigenvalue weighted by Gasteiger charge is -2.04. The van der Waals surface area contributed by atoms with E-state index in [-0.39, 0.29) is 5.69 Å². The highest BCUT2D eigenvalue weighted by Gasteiger charge is 2.17. The highest BCUT2D eigenvalue weighted by molar-refractivity contribution is 5.98. The van der Waals surface area contributed by atoms with E-state index >= 15 is 0 Å². The minimum Gasteiger partial charge on any atom is -0.469 e. The Morgan fingerprint density at radius 2 is 1.86 bits per heavy atom. The molecule has 0 radical (unpaired) electrons. The number of nitrogens with one attached hydrogen (secondary N) is 2. The van der Waals surface area contributed by atoms with Crippen molar-refractivity contribution in [1.82, 2.24) is 16.0 Å². The lowest BCUT2D eigenvalue weighted by Crippen LogP contribution is -2.41. The maximum Gasteiger partial charge on any atom is 0.291 e. The largest absolute Gasteiger partial charge is 0.469 e. The van der Waals surface area contributed by atoms with Crippen molar-refractivity contribution in [2.45, 2.75) is 6.92 Å². The number of aryl methyl sites for hydroxylation is 1. The van der Waals surface area contributed by atoms with E-state index < -0.39 is 11.8 Å². The van der Waals surface area contributed by atoms with Crippen molar-refractivity contribution in [3.8, 4) is 11.5 Å². The van der Waals surface area contributed by atoms with Crippen molar-refractivity contribution in [2.24, 2.45) is 0 Å². The second-order valence-corrected chi connectivity index (χ2v) is 4.35. The Labute approximate surface area is 124 Å². The van der Waals surface area contributed by atoms with Crippen LogP contribution < -0.4 is 10.9 Å². The monoisotopic (exact) mass is 301 g/mol. The van der Waals surface area contributed by atoms with Crippen LogP contribution in [-0.2, 0) is 0 Å². The van der Waals surface area contributed by atoms with Crippen LogP contribution in [0.4, 0.5) is 0 Å². The molecule has 0 aliphatic carbocycles. The molecule has 3 rings (SSSR count). The SMILES string of the molecule is Cc1occc1C(=O)NNC(=O)c1cc(-c2ccco2)on1. The zero-order chi connectivity index (χ0) is 15.5. The average Bonchev–Trinajstić information content (AvgIpc) is 3.23. The van der Waals surface area contributed by atoms with Crippen molar-refractivity contribution in [2.75, 3.05) is 0 Å². The molecule has 0 aliphatic rings. The van der Waals surface area contributed by atoms with Crippen LogP contribution >= 0.6 is 0 Å². The molecular formula is C14H11N3O5. The Balaban J connectivity index is 1.63. The number of nitrogens with zero attached hydrogens (tertiary/aromatic N) is 1. The van der Waals surface area contributed by atoms with Gasteiger partial charge in [0.25, 0.3) is 11.8 Å². The van der Waals surface area contributed by atoms with Crippen molar-refractivity contribution in [1.29, 1.82) is 0 Å². The molecule has 0 spiro atoms. The summed E-state index contributed by atoms with van der Waals surface area (Å²) < 4.78 is 15.1. The lowest BCUT2D eigenvalue weighted by molar-refractivity contribution is 0.0840. The van der Waals surface area contributed by atoms with Crippen LogP contribution in [0.3, 0.4) is 0 Å². The Morgan fingerprint density at radius 3 is 2.55 bits per heavy atom. The minimum absolute atomic E-state index is 0.00983. The third kappa shape index (κ3) is 2.62. The summed E-state index contributed by atoms with van der Waals surface area (Å²) in [6.45, 7) is 1.64. The van der Waals surface area contributed by atoms with Crippen LogP contribution in [0.2, 0.25) is 0 Å². The van der Waals surface area contributed by atoms with E-state index in [1.54, 1.807) is 19.1 Å². The number of carbonyl (C=O) groups excluding carboxylic acids is 2. The number of amides is 2. The first kappa shape index (κ1) is 13.7. The first-order valence-corrected chi connectivity index (χ1v) is 6.30. The van der Waals surface area contributed by atoms with Gasteiger partial charge >= 0.3 is 0 Å². The van der Waals surface area contributed by atoms with E-state index in [1.165, 1.54) is 24.7 Å². The summed E-state index contributed by atoms with van der Waals surface area (Å²) in [6.07, 6.45) is 2.87. The lowest BCUT2D eigenvalue weighted by atomic mass is 10.2. The molecule has 3 aromatic heterocycles. The first-order valence-electron chi connectivity index (χ1n) is 6.30. The summed E-state index contributed by atoms with van der Waals surface area (Å²) in [5, 5.41) is 3.61. The molecule has 0 atom stereocenters. The molecule has 112 valence electrons. The van der Waals surface area contributed by atoms with Crippen molar-refractivity contribution in [3.05, 3.63) is 53.8 Å². The van der Waals surface area contributed by atoms with Gasteiger partial charge in [-0.25, -0.2) is 0 Å². The van der Waals surface area contributed by atoms with E-state index in [4.69, 9.17) is 13.4 Å². The zero-order valence-corrected chi connectivity index (χ0v) is 11.5. The van der Waals surface area contributed by atoms with Crippen LogP contribution in [0, 0.1) is 6.92 Å². The third-order valence-corrected chi connectivity index (χ3v) is 2.90. The predicted molar refractivity (Wildman–Crippen MR) is 72.6 cm³/mol. The molecule has 0 unspecified atom stereocenters. The van der Waals surface area contributed by atoms with Gasteiger partial charge < -0.3 is 13.4 Å². The maximum atomic E-state index is 11.9. The first-order chi connectivity index (χ1) is 10.6. The van der Waals surface area contributed by atoms with E-state index in [0.717, 1.165) is 0 Å². The number of hydrazine groups is 1. The van der Waals surface area contributed by atoms with Gasteiger partial charge in [0.15, 0.2) is 11.5 Å². The highest BCUT2D eigenvalue weighted by atomic mass is 16.5. The fourth-order valence-corrected chi connectivity index (χ4v) is 1.78. The van der Waals surface area contributed by atoms with Crippen LogP contribution in [0.15, 0.2) is 50.1 Å². The average molecular weight is 301 g/mol. The van der Waals surface area contributed by atoms with Gasteiger partial charge in [-0.05, 0) is 25.1 Å². The Kier molecular flexibility index (Phi) is 3.48. The molecule has 0 saturated heterocycles. The predicted octanol–water partition coefficient (Wildman–Crippen LogP) is 1.91. The fraction of sp³-hybridized carbons (Fsp3) is 0.0714. The molecule has 0 fully saturated rings. The van der Waals surface area contributed by atoms with Gasteiger partial charge in [-0.3, -0.25) is 20.4 Å². The number of furan rings is 2. The van der Waals surface area contributed by atoms with Crippen LogP contribution in [-0.4, -0.2) is 17.0 Å². The summed E-state index contributed by atoms with van der Waals surface area (Å²) >= 11 is 0. The van der Waals surface area contributed by atoms with Crippen LogP contribution in [0.25, 0.3) is 11.5 Å². The minimum atomic E-state index is -0.615. The number of aromatic nitrogens is 1. The molecule has 0 aromatic carbocycles. The molecule has 22 heavy (non-hydrogen) atoms. The molecular weight excluding hydrogens is 290 g/mol. The van der Waals surface area contributed by atoms with Gasteiger partial charge in [0.2, 0.25) is 5.76 Å². The molecule has 2 N–H and O–H groups in total. The molecule has 2 amide bonds. The summed E-state index contributed by atoms with van der Waals surface area (Å²) in [6, 6.07) is 6.27. The van der Waals surface area contributed by atoms with E-state index in [9.17, 15) is 9.59 Å². The number of hydrogen-bond acceptors (Lipinski definition) is 6. The molecule has 8 heteroatoms. The molecule has 3 heterocycles. The smallest absolute Gasteiger partial charge is 0.291 e. The normalized spacial score (nSPS) is 10.4. The van der Waals surface area contributed by atoms with Gasteiger partial charge in [-0.15, -0.1) is 0 Å². The fourth-order valence-electron chi connectivity index (χ4n) is 1.78. The molecule has 3 aromatic rings. The maximum absolute atomic E-state index is 11.9. The standard InChI is InChI=1S/C14H11N3O5/c1-8-9(4-6-20-8)13(18)15-16-14(19)10-7-12(22-17-10)11-3-2-5-21-11/h2-7H,1H3,(H,15,18)(H,16,19). The summed E-state index contributed by atoms with van der Waals surface area (Å²) in [4.78, 5) is 23.7. The van der Waals surface area contributed by atoms with Gasteiger partial charge in [0.05, 0.1) is 18.1 Å². The summed E-state index contributed by atoms with van der Waals surface area (Å²) in [5.41, 5.74) is 4.84. The van der Waals surface area contributed by atoms with Crippen molar-refractivity contribution >= 4 is 11.8 Å². The molecule has 0 aliphatic heterocycles. The van der Waals surface area contributed by atoms with Crippen molar-refractivity contribution in [3.63, 3.8) is 0 Å². The number of carbonyl (C=O) groups is 2. The molecule has 8 nitrogen and oxygen atoms in total. The van der Waals surface area contributed by atoms with E-state index in [1.807, 2.05) is 0 Å². The summed E-state index contributed by atoms with van der Waals surface area (Å²) in [5.74, 6) is 0.107. The Hall–Kier alpha value is -3.29. The van der Waals surface area contributed by atoms with Gasteiger partial charge in [0.1, 0.15) is 5.76 Å². The topological polar surface area (TPSA) is 111 Å². The molecule has 0 saturated carbocycles. The quantitative estimate of drug-likeness (QED) is 0.715. The Morgan fingerprint density at radius 1 is 1.05 bits per heavy atom. The van der Waals surface area contributed by atoms with E-state index in [2.05, 4.69) is 16.0 Å². The highest BCUT2D eigenvalue weighted by Crippen LogP contribution is 2.20. The van der Waals surface area contributed by atoms with Gasteiger partial charge in [0, 0.05) is 6.07 Å². The van der Waals surface area contributed by atoms with Gasteiger partial charge in [-0.2, -0.15) is 0 Å². The third-order valence-electron chi connectivity index (χ3n) is 2.90. The van der Waals surface area contributed by atoms with Gasteiger partial charge in [-0.1, -0.05) is 5.16 Å². The van der Waals surface area contributed by atoms with Crippen molar-refractivity contribution < 1.29 is 22.9 Å². The molecule has 0 bridgehead atoms. The van der Waals surface area contributed by atoms with E-state index in [0.29, 0.717) is 22.8 Å². The second kappa shape index (κ2) is 5.60. The van der Waals surface area contributed by atoms with Crippen LogP contribution in [0.1, 0.15) is 26.6 Å². The number of hydrogen-bond donors (Lipinski definition) is 2. The number of rotatable bonds is 3. The zero-order valence-electron chi connectivity index (χ0n) is 11.5. The second-order valence-electron chi connectivity index (χ2n) is 4.35.